The van der Waals surface area contributed by atoms with Crippen molar-refractivity contribution in [1.29, 1.82) is 0 Å². The van der Waals surface area contributed by atoms with Gasteiger partial charge in [-0.25, -0.2) is 0 Å². The van der Waals surface area contributed by atoms with Gasteiger partial charge in [-0.1, -0.05) is 30.3 Å². The molecular weight excluding hydrogens is 270 g/mol. The van der Waals surface area contributed by atoms with Crippen LogP contribution >= 0.6 is 0 Å². The molecule has 0 atom stereocenters. The summed E-state index contributed by atoms with van der Waals surface area (Å²) in [4.78, 5) is 11.1. The van der Waals surface area contributed by atoms with Crippen molar-refractivity contribution in [2.75, 3.05) is 13.7 Å². The molecule has 0 unspecified atom stereocenters. The van der Waals surface area contributed by atoms with Crippen molar-refractivity contribution in [2.24, 2.45) is 0 Å². The number of aromatic hydroxyl groups is 1. The summed E-state index contributed by atoms with van der Waals surface area (Å²) >= 11 is 0. The Morgan fingerprint density at radius 3 is 2.62 bits per heavy atom. The van der Waals surface area contributed by atoms with Gasteiger partial charge in [0, 0.05) is 13.1 Å². The van der Waals surface area contributed by atoms with Gasteiger partial charge in [0.05, 0.1) is 0 Å². The van der Waals surface area contributed by atoms with Crippen LogP contribution in [0.15, 0.2) is 48.5 Å². The Labute approximate surface area is 123 Å². The number of ether oxygens (including phenoxy) is 2. The third kappa shape index (κ3) is 4.42. The molecule has 0 fully saturated rings. The highest BCUT2D eigenvalue weighted by Crippen LogP contribution is 2.30. The highest BCUT2D eigenvalue weighted by atomic mass is 16.5. The number of phenols is 1. The first-order valence-corrected chi connectivity index (χ1v) is 6.52. The van der Waals surface area contributed by atoms with Crippen LogP contribution in [-0.4, -0.2) is 24.7 Å². The molecule has 2 rings (SSSR count). The summed E-state index contributed by atoms with van der Waals surface area (Å²) < 4.78 is 10.9. The summed E-state index contributed by atoms with van der Waals surface area (Å²) in [6.07, 6.45) is 0. The fraction of sp³-hybridized carbons (Fsp3) is 0.188. The molecule has 5 heteroatoms. The largest absolute Gasteiger partial charge is 0.504 e. The van der Waals surface area contributed by atoms with Crippen LogP contribution in [0.5, 0.6) is 17.2 Å². The van der Waals surface area contributed by atoms with E-state index in [1.165, 1.54) is 13.1 Å². The molecule has 2 aromatic carbocycles. The standard InChI is InChI=1S/C16H17NO4/c1-17-16(19)11-21-15-9-13(7-8-14(15)18)20-10-12-5-3-2-4-6-12/h2-9,18H,10-11H2,1H3,(H,17,19). The number of nitrogens with one attached hydrogen (secondary N) is 1. The highest BCUT2D eigenvalue weighted by molar-refractivity contribution is 5.77. The molecule has 0 aliphatic carbocycles. The van der Waals surface area contributed by atoms with Gasteiger partial charge in [0.25, 0.3) is 5.91 Å². The zero-order valence-electron chi connectivity index (χ0n) is 11.7. The van der Waals surface area contributed by atoms with Crippen molar-refractivity contribution in [1.82, 2.24) is 5.32 Å². The fourth-order valence-corrected chi connectivity index (χ4v) is 1.66. The Kier molecular flexibility index (Phi) is 5.04. The Hall–Kier alpha value is -2.69. The van der Waals surface area contributed by atoms with Crippen molar-refractivity contribution in [3.05, 3.63) is 54.1 Å². The number of likely N-dealkylation sites (N-methyl/N-ethyl adjacent to an activating group) is 1. The maximum Gasteiger partial charge on any atom is 0.257 e. The molecule has 0 saturated heterocycles. The van der Waals surface area contributed by atoms with Crippen LogP contribution in [0.4, 0.5) is 0 Å². The first-order valence-electron chi connectivity index (χ1n) is 6.52. The normalized spacial score (nSPS) is 9.95. The molecule has 2 N–H and O–H groups in total. The van der Waals surface area contributed by atoms with E-state index < -0.39 is 0 Å². The Morgan fingerprint density at radius 2 is 1.90 bits per heavy atom. The molecule has 110 valence electrons. The second-order valence-corrected chi connectivity index (χ2v) is 4.37. The van der Waals surface area contributed by atoms with Crippen molar-refractivity contribution >= 4 is 5.91 Å². The summed E-state index contributed by atoms with van der Waals surface area (Å²) in [7, 11) is 1.52. The van der Waals surface area contributed by atoms with Crippen LogP contribution in [0.3, 0.4) is 0 Å². The van der Waals surface area contributed by atoms with Crippen molar-refractivity contribution in [2.45, 2.75) is 6.61 Å². The molecule has 1 amide bonds. The van der Waals surface area contributed by atoms with E-state index in [-0.39, 0.29) is 24.0 Å². The van der Waals surface area contributed by atoms with Gasteiger partial charge in [0.15, 0.2) is 18.1 Å². The quantitative estimate of drug-likeness (QED) is 0.853. The van der Waals surface area contributed by atoms with E-state index in [2.05, 4.69) is 5.32 Å². The van der Waals surface area contributed by atoms with Crippen LogP contribution in [-0.2, 0) is 11.4 Å². The van der Waals surface area contributed by atoms with Gasteiger partial charge in [0.2, 0.25) is 0 Å². The van der Waals surface area contributed by atoms with Gasteiger partial charge < -0.3 is 19.9 Å². The zero-order valence-corrected chi connectivity index (χ0v) is 11.7. The maximum atomic E-state index is 11.1. The molecule has 0 spiro atoms. The van der Waals surface area contributed by atoms with E-state index in [4.69, 9.17) is 9.47 Å². The number of hydrogen-bond donors (Lipinski definition) is 2. The van der Waals surface area contributed by atoms with E-state index in [0.29, 0.717) is 12.4 Å². The minimum atomic E-state index is -0.273. The van der Waals surface area contributed by atoms with Crippen molar-refractivity contribution in [3.63, 3.8) is 0 Å². The van der Waals surface area contributed by atoms with E-state index in [1.807, 2.05) is 30.3 Å². The third-order valence-corrected chi connectivity index (χ3v) is 2.82. The summed E-state index contributed by atoms with van der Waals surface area (Å²) in [5, 5.41) is 12.1. The lowest BCUT2D eigenvalue weighted by Crippen LogP contribution is -2.24. The molecule has 0 heterocycles. The van der Waals surface area contributed by atoms with Gasteiger partial charge in [-0.2, -0.15) is 0 Å². The molecule has 0 aromatic heterocycles. The lowest BCUT2D eigenvalue weighted by Gasteiger charge is -2.10. The number of rotatable bonds is 6. The van der Waals surface area contributed by atoms with Gasteiger partial charge in [-0.15, -0.1) is 0 Å². The summed E-state index contributed by atoms with van der Waals surface area (Å²) in [6, 6.07) is 14.4. The molecule has 0 radical (unpaired) electrons. The predicted molar refractivity (Wildman–Crippen MR) is 78.4 cm³/mol. The number of benzene rings is 2. The lowest BCUT2D eigenvalue weighted by atomic mass is 10.2. The van der Waals surface area contributed by atoms with Crippen LogP contribution in [0.1, 0.15) is 5.56 Å². The second kappa shape index (κ2) is 7.19. The van der Waals surface area contributed by atoms with Gasteiger partial charge in [0.1, 0.15) is 12.4 Å². The molecule has 0 aliphatic rings. The van der Waals surface area contributed by atoms with Crippen LogP contribution in [0.25, 0.3) is 0 Å². The van der Waals surface area contributed by atoms with Gasteiger partial charge in [-0.05, 0) is 17.7 Å². The SMILES string of the molecule is CNC(=O)COc1cc(OCc2ccccc2)ccc1O. The molecule has 2 aromatic rings. The minimum Gasteiger partial charge on any atom is -0.504 e. The minimum absolute atomic E-state index is 0.0361. The summed E-state index contributed by atoms with van der Waals surface area (Å²) in [6.45, 7) is 0.257. The molecule has 5 nitrogen and oxygen atoms in total. The number of phenolic OH excluding ortho intramolecular Hbond substituents is 1. The smallest absolute Gasteiger partial charge is 0.257 e. The molecule has 0 saturated carbocycles. The number of carbonyl (C=O) groups is 1. The third-order valence-electron chi connectivity index (χ3n) is 2.82. The van der Waals surface area contributed by atoms with Crippen molar-refractivity contribution < 1.29 is 19.4 Å². The van der Waals surface area contributed by atoms with Gasteiger partial charge in [-0.3, -0.25) is 4.79 Å². The Morgan fingerprint density at radius 1 is 1.14 bits per heavy atom. The second-order valence-electron chi connectivity index (χ2n) is 4.37. The van der Waals surface area contributed by atoms with E-state index in [9.17, 15) is 9.90 Å². The number of carbonyl (C=O) groups excluding carboxylic acids is 1. The summed E-state index contributed by atoms with van der Waals surface area (Å²) in [5.74, 6) is 0.462. The van der Waals surface area contributed by atoms with Crippen LogP contribution < -0.4 is 14.8 Å². The highest BCUT2D eigenvalue weighted by Gasteiger charge is 2.07. The first-order chi connectivity index (χ1) is 10.2. The van der Waals surface area contributed by atoms with E-state index in [1.54, 1.807) is 12.1 Å². The fourth-order valence-electron chi connectivity index (χ4n) is 1.66. The number of amides is 1. The Bertz CT molecular complexity index is 598. The van der Waals surface area contributed by atoms with E-state index in [0.717, 1.165) is 5.56 Å². The topological polar surface area (TPSA) is 67.8 Å². The molecular formula is C16H17NO4. The average molecular weight is 287 g/mol. The Balaban J connectivity index is 1.99. The molecule has 0 bridgehead atoms. The van der Waals surface area contributed by atoms with Crippen LogP contribution in [0, 0.1) is 0 Å². The maximum absolute atomic E-state index is 11.1. The average Bonchev–Trinajstić information content (AvgIpc) is 2.53. The number of hydrogen-bond acceptors (Lipinski definition) is 4. The summed E-state index contributed by atoms with van der Waals surface area (Å²) in [5.41, 5.74) is 1.04. The lowest BCUT2D eigenvalue weighted by molar-refractivity contribution is -0.122. The van der Waals surface area contributed by atoms with Crippen molar-refractivity contribution in [3.8, 4) is 17.2 Å². The molecule has 21 heavy (non-hydrogen) atoms. The van der Waals surface area contributed by atoms with E-state index >= 15 is 0 Å². The van der Waals surface area contributed by atoms with Gasteiger partial charge >= 0.3 is 0 Å². The predicted octanol–water partition coefficient (Wildman–Crippen LogP) is 2.10. The molecule has 0 aliphatic heterocycles. The van der Waals surface area contributed by atoms with Crippen LogP contribution in [0.2, 0.25) is 0 Å². The monoisotopic (exact) mass is 287 g/mol. The first kappa shape index (κ1) is 14.7. The zero-order chi connectivity index (χ0) is 15.1.